The average Bonchev–Trinajstić information content (AvgIpc) is 2.63. The fourth-order valence-corrected chi connectivity index (χ4v) is 3.27. The van der Waals surface area contributed by atoms with E-state index in [2.05, 4.69) is 0 Å². The lowest BCUT2D eigenvalue weighted by molar-refractivity contribution is 0.0300. The maximum Gasteiger partial charge on any atom is 0.255 e. The van der Waals surface area contributed by atoms with Gasteiger partial charge in [-0.1, -0.05) is 42.5 Å². The molecule has 1 amide bonds. The summed E-state index contributed by atoms with van der Waals surface area (Å²) >= 11 is 1.10. The van der Waals surface area contributed by atoms with Gasteiger partial charge in [-0.25, -0.2) is 0 Å². The highest BCUT2D eigenvalue weighted by Gasteiger charge is 2.22. The van der Waals surface area contributed by atoms with Gasteiger partial charge < -0.3 is 9.64 Å². The third-order valence-corrected chi connectivity index (χ3v) is 4.62. The van der Waals surface area contributed by atoms with Crippen molar-refractivity contribution < 1.29 is 14.3 Å². The molecule has 0 aromatic heterocycles. The molecule has 1 heterocycles. The maximum atomic E-state index is 12.7. The number of thioether (sulfide) groups is 1. The first-order chi connectivity index (χ1) is 11.3. The number of morpholine rings is 1. The van der Waals surface area contributed by atoms with E-state index in [1.807, 2.05) is 36.4 Å². The summed E-state index contributed by atoms with van der Waals surface area (Å²) in [6.45, 7) is 2.29. The molecule has 0 atom stereocenters. The summed E-state index contributed by atoms with van der Waals surface area (Å²) in [5, 5.41) is -0.0622. The zero-order valence-corrected chi connectivity index (χ0v) is 13.4. The standard InChI is InChI=1S/C18H17NO3S/c20-17(19-10-12-22-13-11-19)15-8-4-5-9-16(15)23-18(21)14-6-2-1-3-7-14/h1-9H,10-13H2. The van der Waals surface area contributed by atoms with Crippen molar-refractivity contribution in [3.05, 3.63) is 65.7 Å². The van der Waals surface area contributed by atoms with Gasteiger partial charge in [0.2, 0.25) is 5.12 Å². The van der Waals surface area contributed by atoms with Gasteiger partial charge in [-0.2, -0.15) is 0 Å². The number of carbonyl (C=O) groups is 2. The van der Waals surface area contributed by atoms with Crippen molar-refractivity contribution >= 4 is 22.8 Å². The van der Waals surface area contributed by atoms with Crippen LogP contribution < -0.4 is 0 Å². The monoisotopic (exact) mass is 327 g/mol. The van der Waals surface area contributed by atoms with E-state index in [4.69, 9.17) is 4.74 Å². The van der Waals surface area contributed by atoms with Gasteiger partial charge in [-0.15, -0.1) is 0 Å². The summed E-state index contributed by atoms with van der Waals surface area (Å²) in [5.41, 5.74) is 1.20. The first-order valence-electron chi connectivity index (χ1n) is 7.49. The fourth-order valence-electron chi connectivity index (χ4n) is 2.40. The number of hydrogen-bond acceptors (Lipinski definition) is 4. The van der Waals surface area contributed by atoms with E-state index in [1.54, 1.807) is 23.1 Å². The molecule has 2 aromatic carbocycles. The molecule has 1 fully saturated rings. The summed E-state index contributed by atoms with van der Waals surface area (Å²) in [4.78, 5) is 27.5. The smallest absolute Gasteiger partial charge is 0.255 e. The van der Waals surface area contributed by atoms with Crippen molar-refractivity contribution in [2.24, 2.45) is 0 Å². The molecule has 0 radical (unpaired) electrons. The van der Waals surface area contributed by atoms with E-state index in [9.17, 15) is 9.59 Å². The largest absolute Gasteiger partial charge is 0.378 e. The van der Waals surface area contributed by atoms with Crippen LogP contribution in [0.25, 0.3) is 0 Å². The van der Waals surface area contributed by atoms with Crippen molar-refractivity contribution in [2.45, 2.75) is 4.90 Å². The SMILES string of the molecule is O=C(Sc1ccccc1C(=O)N1CCOCC1)c1ccccc1. The van der Waals surface area contributed by atoms with E-state index in [-0.39, 0.29) is 11.0 Å². The topological polar surface area (TPSA) is 46.6 Å². The molecule has 1 saturated heterocycles. The van der Waals surface area contributed by atoms with Crippen molar-refractivity contribution in [3.8, 4) is 0 Å². The Balaban J connectivity index is 1.80. The Kier molecular flexibility index (Phi) is 5.10. The van der Waals surface area contributed by atoms with Crippen molar-refractivity contribution in [2.75, 3.05) is 26.3 Å². The first-order valence-corrected chi connectivity index (χ1v) is 8.30. The number of nitrogens with zero attached hydrogens (tertiary/aromatic N) is 1. The minimum atomic E-state index is -0.0622. The number of hydrogen-bond donors (Lipinski definition) is 0. The lowest BCUT2D eigenvalue weighted by atomic mass is 10.2. The highest BCUT2D eigenvalue weighted by Crippen LogP contribution is 2.27. The highest BCUT2D eigenvalue weighted by atomic mass is 32.2. The van der Waals surface area contributed by atoms with E-state index < -0.39 is 0 Å². The van der Waals surface area contributed by atoms with Gasteiger partial charge in [0.15, 0.2) is 0 Å². The Morgan fingerprint density at radius 3 is 2.30 bits per heavy atom. The van der Waals surface area contributed by atoms with Crippen LogP contribution in [-0.4, -0.2) is 42.2 Å². The van der Waals surface area contributed by atoms with Gasteiger partial charge in [0, 0.05) is 23.5 Å². The Bertz CT molecular complexity index is 696. The molecule has 3 rings (SSSR count). The van der Waals surface area contributed by atoms with E-state index >= 15 is 0 Å². The highest BCUT2D eigenvalue weighted by molar-refractivity contribution is 8.14. The van der Waals surface area contributed by atoms with Crippen LogP contribution in [0, 0.1) is 0 Å². The number of rotatable bonds is 3. The molecule has 4 nitrogen and oxygen atoms in total. The van der Waals surface area contributed by atoms with Crippen LogP contribution in [0.15, 0.2) is 59.5 Å². The molecule has 0 saturated carbocycles. The zero-order valence-electron chi connectivity index (χ0n) is 12.6. The zero-order chi connectivity index (χ0) is 16.1. The molecule has 0 bridgehead atoms. The molecular weight excluding hydrogens is 310 g/mol. The minimum Gasteiger partial charge on any atom is -0.378 e. The van der Waals surface area contributed by atoms with Crippen LogP contribution in [-0.2, 0) is 4.74 Å². The predicted molar refractivity (Wildman–Crippen MR) is 89.8 cm³/mol. The normalized spacial score (nSPS) is 14.5. The predicted octanol–water partition coefficient (Wildman–Crippen LogP) is 3.09. The van der Waals surface area contributed by atoms with Gasteiger partial charge in [0.1, 0.15) is 0 Å². The molecule has 1 aliphatic heterocycles. The summed E-state index contributed by atoms with van der Waals surface area (Å²) in [6.07, 6.45) is 0. The second-order valence-electron chi connectivity index (χ2n) is 5.16. The van der Waals surface area contributed by atoms with E-state index in [1.165, 1.54) is 0 Å². The number of amides is 1. The summed E-state index contributed by atoms with van der Waals surface area (Å²) < 4.78 is 5.29. The molecular formula is C18H17NO3S. The van der Waals surface area contributed by atoms with Gasteiger partial charge in [-0.05, 0) is 23.9 Å². The summed E-state index contributed by atoms with van der Waals surface area (Å²) in [5.74, 6) is -0.0442. The molecule has 0 aliphatic carbocycles. The molecule has 118 valence electrons. The lowest BCUT2D eigenvalue weighted by Gasteiger charge is -2.27. The number of carbonyl (C=O) groups excluding carboxylic acids is 2. The quantitative estimate of drug-likeness (QED) is 0.813. The number of benzene rings is 2. The maximum absolute atomic E-state index is 12.7. The van der Waals surface area contributed by atoms with Gasteiger partial charge in [-0.3, -0.25) is 9.59 Å². The molecule has 23 heavy (non-hydrogen) atoms. The average molecular weight is 327 g/mol. The van der Waals surface area contributed by atoms with Crippen LogP contribution in [0.1, 0.15) is 20.7 Å². The van der Waals surface area contributed by atoms with Gasteiger partial charge in [0.05, 0.1) is 18.8 Å². The van der Waals surface area contributed by atoms with Crippen molar-refractivity contribution in [3.63, 3.8) is 0 Å². The Hall–Kier alpha value is -2.11. The third-order valence-electron chi connectivity index (χ3n) is 3.63. The molecule has 0 N–H and O–H groups in total. The third kappa shape index (κ3) is 3.81. The minimum absolute atomic E-state index is 0.0442. The second kappa shape index (κ2) is 7.44. The van der Waals surface area contributed by atoms with Crippen LogP contribution in [0.3, 0.4) is 0 Å². The molecule has 0 unspecified atom stereocenters. The van der Waals surface area contributed by atoms with Crippen molar-refractivity contribution in [1.82, 2.24) is 4.90 Å². The summed E-state index contributed by atoms with van der Waals surface area (Å²) in [7, 11) is 0. The van der Waals surface area contributed by atoms with Crippen LogP contribution >= 0.6 is 11.8 Å². The van der Waals surface area contributed by atoms with E-state index in [0.717, 1.165) is 11.8 Å². The molecule has 1 aliphatic rings. The van der Waals surface area contributed by atoms with Gasteiger partial charge >= 0.3 is 0 Å². The lowest BCUT2D eigenvalue weighted by Crippen LogP contribution is -2.40. The van der Waals surface area contributed by atoms with Gasteiger partial charge in [0.25, 0.3) is 5.91 Å². The van der Waals surface area contributed by atoms with E-state index in [0.29, 0.717) is 42.3 Å². The Morgan fingerprint density at radius 1 is 0.913 bits per heavy atom. The molecule has 0 spiro atoms. The first kappa shape index (κ1) is 15.8. The molecule has 5 heteroatoms. The summed E-state index contributed by atoms with van der Waals surface area (Å²) in [6, 6.07) is 16.4. The Labute approximate surface area is 139 Å². The van der Waals surface area contributed by atoms with Crippen LogP contribution in [0.2, 0.25) is 0 Å². The second-order valence-corrected chi connectivity index (χ2v) is 6.17. The van der Waals surface area contributed by atoms with Crippen LogP contribution in [0.5, 0.6) is 0 Å². The fraction of sp³-hybridized carbons (Fsp3) is 0.222. The Morgan fingerprint density at radius 2 is 1.57 bits per heavy atom. The molecule has 2 aromatic rings. The van der Waals surface area contributed by atoms with Crippen molar-refractivity contribution in [1.29, 1.82) is 0 Å². The van der Waals surface area contributed by atoms with Crippen LogP contribution in [0.4, 0.5) is 0 Å². The number of ether oxygens (including phenoxy) is 1.